The molecule has 9 heteroatoms. The topological polar surface area (TPSA) is 89.5 Å². The second-order valence-corrected chi connectivity index (χ2v) is 7.89. The van der Waals surface area contributed by atoms with E-state index in [-0.39, 0.29) is 11.9 Å². The van der Waals surface area contributed by atoms with Crippen LogP contribution in [0.2, 0.25) is 5.02 Å². The molecule has 0 saturated heterocycles. The second-order valence-electron chi connectivity index (χ2n) is 7.45. The van der Waals surface area contributed by atoms with Crippen LogP contribution in [0.15, 0.2) is 67.3 Å². The van der Waals surface area contributed by atoms with Crippen LogP contribution >= 0.6 is 11.6 Å². The number of aryl methyl sites for hydroxylation is 1. The number of hydrogen-bond acceptors (Lipinski definition) is 5. The molecule has 162 valence electrons. The van der Waals surface area contributed by atoms with E-state index in [4.69, 9.17) is 11.6 Å². The van der Waals surface area contributed by atoms with Crippen LogP contribution < -0.4 is 9.88 Å². The van der Waals surface area contributed by atoms with Crippen LogP contribution in [0.1, 0.15) is 30.0 Å². The molecule has 1 atom stereocenters. The molecule has 1 amide bonds. The molecule has 0 aliphatic rings. The Kier molecular flexibility index (Phi) is 6.51. The minimum atomic E-state index is -0.171. The standard InChI is InChI=1S/C23H22ClN7O/c1-3-22-27-28-29-31(22)21-13-18(17-4-6-20(24)7-5-17)12-19(14-21)23(32)26-16(2)15-30-10-8-25-9-11-30/h4-14,16H,3,15H2,1-2H3/p+1. The smallest absolute Gasteiger partial charge is 0.251 e. The molecule has 0 fully saturated rings. The fraction of sp³-hybridized carbons (Fsp3) is 0.217. The number of halogens is 1. The molecule has 4 aromatic rings. The normalized spacial score (nSPS) is 11.8. The summed E-state index contributed by atoms with van der Waals surface area (Å²) in [5.74, 6) is 0.544. The van der Waals surface area contributed by atoms with Crippen LogP contribution in [0.3, 0.4) is 0 Å². The van der Waals surface area contributed by atoms with Gasteiger partial charge in [-0.25, -0.2) is 4.57 Å². The molecule has 8 nitrogen and oxygen atoms in total. The zero-order chi connectivity index (χ0) is 22.5. The van der Waals surface area contributed by atoms with Crippen molar-refractivity contribution in [3.8, 4) is 16.8 Å². The van der Waals surface area contributed by atoms with Crippen molar-refractivity contribution in [1.29, 1.82) is 0 Å². The third-order valence-corrected chi connectivity index (χ3v) is 5.25. The van der Waals surface area contributed by atoms with Crippen molar-refractivity contribution in [2.24, 2.45) is 0 Å². The first-order chi connectivity index (χ1) is 15.5. The van der Waals surface area contributed by atoms with Gasteiger partial charge in [0.05, 0.1) is 24.1 Å². The summed E-state index contributed by atoms with van der Waals surface area (Å²) in [6, 6.07) is 13.0. The van der Waals surface area contributed by atoms with E-state index in [9.17, 15) is 4.79 Å². The molecule has 0 aliphatic heterocycles. The molecular formula is C23H23ClN7O+. The highest BCUT2D eigenvalue weighted by molar-refractivity contribution is 6.30. The Hall–Kier alpha value is -3.65. The van der Waals surface area contributed by atoms with Gasteiger partial charge in [0.25, 0.3) is 5.91 Å². The first-order valence-corrected chi connectivity index (χ1v) is 10.7. The average molecular weight is 449 g/mol. The molecule has 0 radical (unpaired) electrons. The molecule has 0 spiro atoms. The summed E-state index contributed by atoms with van der Waals surface area (Å²) in [6.07, 6.45) is 7.83. The third-order valence-electron chi connectivity index (χ3n) is 5.00. The SMILES string of the molecule is CCc1nnnn1-c1cc(C(=O)NC(C)C[n+]2ccncc2)cc(-c2ccc(Cl)cc2)c1. The van der Waals surface area contributed by atoms with Gasteiger partial charge in [0, 0.05) is 17.0 Å². The summed E-state index contributed by atoms with van der Waals surface area (Å²) in [6.45, 7) is 4.58. The van der Waals surface area contributed by atoms with Gasteiger partial charge in [-0.05, 0) is 58.8 Å². The lowest BCUT2D eigenvalue weighted by atomic mass is 10.0. The van der Waals surface area contributed by atoms with E-state index in [1.54, 1.807) is 23.1 Å². The Morgan fingerprint density at radius 1 is 1.12 bits per heavy atom. The number of tetrazole rings is 1. The van der Waals surface area contributed by atoms with Gasteiger partial charge in [0.2, 0.25) is 0 Å². The molecule has 4 rings (SSSR count). The minimum Gasteiger partial charge on any atom is -0.343 e. The van der Waals surface area contributed by atoms with E-state index in [1.807, 2.05) is 67.2 Å². The molecule has 1 N–H and O–H groups in total. The maximum Gasteiger partial charge on any atom is 0.251 e. The van der Waals surface area contributed by atoms with Crippen molar-refractivity contribution in [3.05, 3.63) is 83.7 Å². The molecule has 1 unspecified atom stereocenters. The highest BCUT2D eigenvalue weighted by Crippen LogP contribution is 2.26. The van der Waals surface area contributed by atoms with Gasteiger partial charge in [0.1, 0.15) is 0 Å². The largest absolute Gasteiger partial charge is 0.343 e. The molecule has 2 aromatic carbocycles. The van der Waals surface area contributed by atoms with Gasteiger partial charge >= 0.3 is 0 Å². The van der Waals surface area contributed by atoms with Crippen LogP contribution in [-0.2, 0) is 13.0 Å². The van der Waals surface area contributed by atoms with Crippen molar-refractivity contribution in [2.75, 3.05) is 0 Å². The van der Waals surface area contributed by atoms with Crippen molar-refractivity contribution in [3.63, 3.8) is 0 Å². The van der Waals surface area contributed by atoms with Gasteiger partial charge in [-0.15, -0.1) is 5.10 Å². The lowest BCUT2D eigenvalue weighted by molar-refractivity contribution is -0.699. The monoisotopic (exact) mass is 448 g/mol. The molecule has 0 saturated carbocycles. The number of amides is 1. The minimum absolute atomic E-state index is 0.0863. The summed E-state index contributed by atoms with van der Waals surface area (Å²) in [4.78, 5) is 17.2. The number of carbonyl (C=O) groups is 1. The fourth-order valence-corrected chi connectivity index (χ4v) is 3.56. The van der Waals surface area contributed by atoms with Crippen molar-refractivity contribution in [2.45, 2.75) is 32.9 Å². The predicted molar refractivity (Wildman–Crippen MR) is 120 cm³/mol. The van der Waals surface area contributed by atoms with Gasteiger partial charge in [-0.1, -0.05) is 30.7 Å². The summed E-state index contributed by atoms with van der Waals surface area (Å²) in [5, 5.41) is 15.7. The van der Waals surface area contributed by atoms with Crippen LogP contribution in [0.5, 0.6) is 0 Å². The van der Waals surface area contributed by atoms with Gasteiger partial charge in [-0.3, -0.25) is 9.78 Å². The second kappa shape index (κ2) is 9.65. The van der Waals surface area contributed by atoms with E-state index in [0.717, 1.165) is 16.8 Å². The molecule has 2 heterocycles. The Balaban J connectivity index is 1.67. The molecule has 0 bridgehead atoms. The molecule has 2 aromatic heterocycles. The van der Waals surface area contributed by atoms with E-state index in [2.05, 4.69) is 25.8 Å². The third kappa shape index (κ3) is 4.97. The van der Waals surface area contributed by atoms with Gasteiger partial charge in [-0.2, -0.15) is 4.68 Å². The zero-order valence-corrected chi connectivity index (χ0v) is 18.6. The Morgan fingerprint density at radius 2 is 1.88 bits per heavy atom. The Labute approximate surface area is 190 Å². The molecule has 0 aliphatic carbocycles. The van der Waals surface area contributed by atoms with Crippen LogP contribution in [0.4, 0.5) is 0 Å². The highest BCUT2D eigenvalue weighted by atomic mass is 35.5. The van der Waals surface area contributed by atoms with Crippen molar-refractivity contribution in [1.82, 2.24) is 30.5 Å². The van der Waals surface area contributed by atoms with Crippen LogP contribution in [0, 0.1) is 0 Å². The van der Waals surface area contributed by atoms with E-state index in [1.165, 1.54) is 0 Å². The number of nitrogens with one attached hydrogen (secondary N) is 1. The summed E-state index contributed by atoms with van der Waals surface area (Å²) in [5.41, 5.74) is 3.06. The lowest BCUT2D eigenvalue weighted by Gasteiger charge is -2.14. The zero-order valence-electron chi connectivity index (χ0n) is 17.8. The summed E-state index contributed by atoms with van der Waals surface area (Å²) < 4.78 is 3.63. The van der Waals surface area contributed by atoms with Gasteiger partial charge in [0.15, 0.2) is 24.8 Å². The van der Waals surface area contributed by atoms with Gasteiger partial charge < -0.3 is 5.32 Å². The highest BCUT2D eigenvalue weighted by Gasteiger charge is 2.17. The first kappa shape index (κ1) is 21.6. The van der Waals surface area contributed by atoms with Crippen molar-refractivity contribution < 1.29 is 9.36 Å². The number of nitrogens with zero attached hydrogens (tertiary/aromatic N) is 6. The molecule has 32 heavy (non-hydrogen) atoms. The van der Waals surface area contributed by atoms with Crippen LogP contribution in [-0.4, -0.2) is 37.1 Å². The van der Waals surface area contributed by atoms with E-state index >= 15 is 0 Å². The Bertz CT molecular complexity index is 1210. The van der Waals surface area contributed by atoms with Crippen LogP contribution in [0.25, 0.3) is 16.8 Å². The first-order valence-electron chi connectivity index (χ1n) is 10.3. The number of hydrogen-bond donors (Lipinski definition) is 1. The summed E-state index contributed by atoms with van der Waals surface area (Å²) >= 11 is 6.06. The number of aromatic nitrogens is 6. The average Bonchev–Trinajstić information content (AvgIpc) is 3.29. The Morgan fingerprint density at radius 3 is 2.59 bits per heavy atom. The number of carbonyl (C=O) groups excluding carboxylic acids is 1. The van der Waals surface area contributed by atoms with E-state index in [0.29, 0.717) is 29.4 Å². The maximum atomic E-state index is 13.1. The molecular weight excluding hydrogens is 426 g/mol. The predicted octanol–water partition coefficient (Wildman–Crippen LogP) is 3.05. The van der Waals surface area contributed by atoms with Crippen molar-refractivity contribution >= 4 is 17.5 Å². The lowest BCUT2D eigenvalue weighted by Crippen LogP contribution is -2.45. The number of rotatable bonds is 7. The summed E-state index contributed by atoms with van der Waals surface area (Å²) in [7, 11) is 0. The maximum absolute atomic E-state index is 13.1. The fourth-order valence-electron chi connectivity index (χ4n) is 3.44. The quantitative estimate of drug-likeness (QED) is 0.439. The number of benzene rings is 2. The van der Waals surface area contributed by atoms with E-state index < -0.39 is 0 Å².